The number of amides is 1. The van der Waals surface area contributed by atoms with E-state index in [2.05, 4.69) is 4.72 Å². The predicted octanol–water partition coefficient (Wildman–Crippen LogP) is 0.295. The Hall–Kier alpha value is -1.38. The molecule has 0 bridgehead atoms. The largest absolute Gasteiger partial charge is 0.438 e. The highest BCUT2D eigenvalue weighted by atomic mass is 32.2. The van der Waals surface area contributed by atoms with E-state index in [1.165, 1.54) is 24.1 Å². The molecule has 8 heteroatoms. The van der Waals surface area contributed by atoms with E-state index in [0.717, 1.165) is 0 Å². The average Bonchev–Trinajstić information content (AvgIpc) is 2.87. The Labute approximate surface area is 112 Å². The lowest BCUT2D eigenvalue weighted by Crippen LogP contribution is -2.37. The highest BCUT2D eigenvalue weighted by Gasteiger charge is 2.23. The Morgan fingerprint density at radius 3 is 2.68 bits per heavy atom. The van der Waals surface area contributed by atoms with E-state index >= 15 is 0 Å². The number of hydrogen-bond donors (Lipinski definition) is 1. The van der Waals surface area contributed by atoms with E-state index in [1.807, 2.05) is 6.92 Å². The van der Waals surface area contributed by atoms with Gasteiger partial charge in [-0.1, -0.05) is 0 Å². The average molecular weight is 290 g/mol. The lowest BCUT2D eigenvalue weighted by molar-refractivity contribution is 0.0598. The zero-order chi connectivity index (χ0) is 14.6. The number of furan rings is 1. The van der Waals surface area contributed by atoms with Gasteiger partial charge in [-0.15, -0.1) is 0 Å². The fraction of sp³-hybridized carbons (Fsp3) is 0.545. The summed E-state index contributed by atoms with van der Waals surface area (Å²) in [6, 6.07) is 2.43. The summed E-state index contributed by atoms with van der Waals surface area (Å²) in [6.07, 6.45) is 0. The Kier molecular flexibility index (Phi) is 5.10. The number of hydrogen-bond acceptors (Lipinski definition) is 5. The Morgan fingerprint density at radius 1 is 1.53 bits per heavy atom. The van der Waals surface area contributed by atoms with Crippen LogP contribution in [0.25, 0.3) is 0 Å². The van der Waals surface area contributed by atoms with Crippen LogP contribution in [0.3, 0.4) is 0 Å². The third-order valence-corrected chi connectivity index (χ3v) is 4.00. The second-order valence-corrected chi connectivity index (χ2v) is 5.86. The molecule has 1 atom stereocenters. The molecular weight excluding hydrogens is 272 g/mol. The third-order valence-electron chi connectivity index (χ3n) is 2.72. The summed E-state index contributed by atoms with van der Waals surface area (Å²) in [5.41, 5.74) is 0. The van der Waals surface area contributed by atoms with Gasteiger partial charge in [0.25, 0.3) is 15.9 Å². The van der Waals surface area contributed by atoms with Crippen LogP contribution in [-0.4, -0.2) is 53.1 Å². The van der Waals surface area contributed by atoms with E-state index < -0.39 is 15.9 Å². The van der Waals surface area contributed by atoms with Crippen molar-refractivity contribution >= 4 is 15.9 Å². The molecule has 1 N–H and O–H groups in total. The van der Waals surface area contributed by atoms with Crippen LogP contribution < -0.4 is 4.72 Å². The van der Waals surface area contributed by atoms with Crippen LogP contribution in [0.4, 0.5) is 0 Å². The molecule has 0 aliphatic carbocycles. The molecule has 0 aliphatic heterocycles. The molecule has 0 spiro atoms. The third kappa shape index (κ3) is 3.55. The number of ether oxygens (including phenoxy) is 1. The summed E-state index contributed by atoms with van der Waals surface area (Å²) in [5.74, 6) is -0.429. The van der Waals surface area contributed by atoms with Crippen LogP contribution in [0.15, 0.2) is 21.6 Å². The number of nitrogens with one attached hydrogen (secondary N) is 1. The highest BCUT2D eigenvalue weighted by Crippen LogP contribution is 2.15. The molecule has 0 saturated carbocycles. The first-order chi connectivity index (χ1) is 8.83. The fourth-order valence-corrected chi connectivity index (χ4v) is 2.05. The van der Waals surface area contributed by atoms with E-state index in [-0.39, 0.29) is 16.9 Å². The maximum absolute atomic E-state index is 12.1. The fourth-order valence-electron chi connectivity index (χ4n) is 1.41. The maximum atomic E-state index is 12.1. The van der Waals surface area contributed by atoms with Gasteiger partial charge in [0.1, 0.15) is 0 Å². The van der Waals surface area contributed by atoms with Gasteiger partial charge in [0.15, 0.2) is 5.76 Å². The first-order valence-corrected chi connectivity index (χ1v) is 7.11. The first-order valence-electron chi connectivity index (χ1n) is 5.63. The molecule has 1 amide bonds. The molecule has 0 unspecified atom stereocenters. The second-order valence-electron chi connectivity index (χ2n) is 4.05. The van der Waals surface area contributed by atoms with E-state index in [4.69, 9.17) is 9.15 Å². The van der Waals surface area contributed by atoms with Gasteiger partial charge in [0, 0.05) is 14.2 Å². The number of carbonyl (C=O) groups excluding carboxylic acids is 1. The van der Waals surface area contributed by atoms with Gasteiger partial charge in [0.2, 0.25) is 5.09 Å². The molecule has 0 fully saturated rings. The number of carbonyl (C=O) groups is 1. The minimum atomic E-state index is -3.68. The Morgan fingerprint density at radius 2 is 2.16 bits per heavy atom. The summed E-state index contributed by atoms with van der Waals surface area (Å²) < 4.78 is 35.1. The standard InChI is InChI=1S/C11H18N2O5S/c1-8(7-17-4)13(3)11(14)9-5-6-10(18-9)19(15,16)12-2/h5-6,8,12H,7H2,1-4H3/t8-/m1/s1. The molecule has 0 aromatic carbocycles. The van der Waals surface area contributed by atoms with Gasteiger partial charge >= 0.3 is 0 Å². The number of nitrogens with zero attached hydrogens (tertiary/aromatic N) is 1. The lowest BCUT2D eigenvalue weighted by Gasteiger charge is -2.23. The summed E-state index contributed by atoms with van der Waals surface area (Å²) >= 11 is 0. The van der Waals surface area contributed by atoms with Crippen molar-refractivity contribution in [2.24, 2.45) is 0 Å². The van der Waals surface area contributed by atoms with Crippen molar-refractivity contribution in [3.05, 3.63) is 17.9 Å². The summed E-state index contributed by atoms with van der Waals surface area (Å²) in [5, 5.41) is -0.286. The number of likely N-dealkylation sites (N-methyl/N-ethyl adjacent to an activating group) is 1. The van der Waals surface area contributed by atoms with Crippen molar-refractivity contribution in [2.75, 3.05) is 27.8 Å². The van der Waals surface area contributed by atoms with Gasteiger partial charge in [-0.2, -0.15) is 0 Å². The van der Waals surface area contributed by atoms with Gasteiger partial charge in [-0.25, -0.2) is 13.1 Å². The number of rotatable bonds is 6. The van der Waals surface area contributed by atoms with Crippen LogP contribution in [0.5, 0.6) is 0 Å². The molecule has 0 aliphatic rings. The van der Waals surface area contributed by atoms with Crippen molar-refractivity contribution in [1.29, 1.82) is 0 Å². The molecule has 19 heavy (non-hydrogen) atoms. The van der Waals surface area contributed by atoms with Gasteiger partial charge in [-0.05, 0) is 26.1 Å². The topological polar surface area (TPSA) is 88.9 Å². The van der Waals surface area contributed by atoms with Crippen LogP contribution in [-0.2, 0) is 14.8 Å². The molecule has 0 radical (unpaired) electrons. The molecule has 1 aromatic heterocycles. The molecule has 7 nitrogen and oxygen atoms in total. The second kappa shape index (κ2) is 6.18. The SMILES string of the molecule is CNS(=O)(=O)c1ccc(C(=O)N(C)[C@H](C)COC)o1. The minimum absolute atomic E-state index is 0.0284. The van der Waals surface area contributed by atoms with Gasteiger partial charge in [-0.3, -0.25) is 4.79 Å². The van der Waals surface area contributed by atoms with Gasteiger partial charge < -0.3 is 14.1 Å². The zero-order valence-electron chi connectivity index (χ0n) is 11.3. The van der Waals surface area contributed by atoms with Crippen molar-refractivity contribution in [2.45, 2.75) is 18.1 Å². The predicted molar refractivity (Wildman–Crippen MR) is 68.4 cm³/mol. The maximum Gasteiger partial charge on any atom is 0.289 e. The molecular formula is C11H18N2O5S. The van der Waals surface area contributed by atoms with Crippen molar-refractivity contribution in [1.82, 2.24) is 9.62 Å². The normalized spacial score (nSPS) is 13.3. The van der Waals surface area contributed by atoms with Crippen molar-refractivity contribution in [3.8, 4) is 0 Å². The molecule has 108 valence electrons. The van der Waals surface area contributed by atoms with E-state index in [0.29, 0.717) is 6.61 Å². The van der Waals surface area contributed by atoms with E-state index in [1.54, 1.807) is 14.2 Å². The van der Waals surface area contributed by atoms with Crippen molar-refractivity contribution in [3.63, 3.8) is 0 Å². The summed E-state index contributed by atoms with van der Waals surface area (Å²) in [4.78, 5) is 13.5. The zero-order valence-corrected chi connectivity index (χ0v) is 12.2. The quantitative estimate of drug-likeness (QED) is 0.813. The summed E-state index contributed by atoms with van der Waals surface area (Å²) in [7, 11) is 0.730. The van der Waals surface area contributed by atoms with Crippen LogP contribution >= 0.6 is 0 Å². The number of methoxy groups -OCH3 is 1. The first kappa shape index (κ1) is 15.7. The highest BCUT2D eigenvalue weighted by molar-refractivity contribution is 7.89. The van der Waals surface area contributed by atoms with E-state index in [9.17, 15) is 13.2 Å². The molecule has 1 heterocycles. The van der Waals surface area contributed by atoms with Crippen molar-refractivity contribution < 1.29 is 22.4 Å². The lowest BCUT2D eigenvalue weighted by atomic mass is 10.3. The molecule has 0 saturated heterocycles. The smallest absolute Gasteiger partial charge is 0.289 e. The number of sulfonamides is 1. The Balaban J connectivity index is 2.90. The molecule has 1 aromatic rings. The monoisotopic (exact) mass is 290 g/mol. The van der Waals surface area contributed by atoms with Crippen LogP contribution in [0.1, 0.15) is 17.5 Å². The molecule has 1 rings (SSSR count). The minimum Gasteiger partial charge on any atom is -0.438 e. The van der Waals surface area contributed by atoms with Crippen LogP contribution in [0.2, 0.25) is 0 Å². The van der Waals surface area contributed by atoms with Crippen LogP contribution in [0, 0.1) is 0 Å². The Bertz CT molecular complexity index is 537. The van der Waals surface area contributed by atoms with Gasteiger partial charge in [0.05, 0.1) is 12.6 Å². The summed E-state index contributed by atoms with van der Waals surface area (Å²) in [6.45, 7) is 2.19.